The van der Waals surface area contributed by atoms with Crippen molar-refractivity contribution in [2.45, 2.75) is 33.1 Å². The molecule has 1 rings (SSSR count). The smallest absolute Gasteiger partial charge is 0.0245 e. The number of hydrogen-bond acceptors (Lipinski definition) is 0. The Balaban J connectivity index is 2.93. The van der Waals surface area contributed by atoms with Crippen LogP contribution in [-0.4, -0.2) is 0 Å². The molecule has 0 bridgehead atoms. The fourth-order valence-electron chi connectivity index (χ4n) is 1.95. The van der Waals surface area contributed by atoms with Gasteiger partial charge in [-0.25, -0.2) is 0 Å². The van der Waals surface area contributed by atoms with Gasteiger partial charge in [-0.05, 0) is 36.3 Å². The fraction of sp³-hybridized carbons (Fsp3) is 0.500. The van der Waals surface area contributed by atoms with Crippen LogP contribution in [0.2, 0.25) is 0 Å². The maximum absolute atomic E-state index is 4.10. The zero-order valence-electron chi connectivity index (χ0n) is 8.19. The third-order valence-corrected chi connectivity index (χ3v) is 2.59. The van der Waals surface area contributed by atoms with E-state index in [2.05, 4.69) is 27.0 Å². The lowest BCUT2D eigenvalue weighted by molar-refractivity contribution is 0.640. The van der Waals surface area contributed by atoms with Gasteiger partial charge in [0, 0.05) is 0 Å². The molecule has 1 fully saturated rings. The lowest BCUT2D eigenvalue weighted by Crippen LogP contribution is -1.85. The molecular weight excluding hydrogens is 144 g/mol. The number of hydrogen-bond donors (Lipinski definition) is 0. The average molecular weight is 162 g/mol. The minimum Gasteiger partial charge on any atom is -0.0988 e. The zero-order valence-corrected chi connectivity index (χ0v) is 8.19. The Morgan fingerprint density at radius 3 is 2.58 bits per heavy atom. The summed E-state index contributed by atoms with van der Waals surface area (Å²) in [5.41, 5.74) is 4.20. The summed E-state index contributed by atoms with van der Waals surface area (Å²) >= 11 is 0. The summed E-state index contributed by atoms with van der Waals surface area (Å²) in [5, 5.41) is 0. The van der Waals surface area contributed by atoms with Gasteiger partial charge in [0.05, 0.1) is 0 Å². The third kappa shape index (κ3) is 1.69. The van der Waals surface area contributed by atoms with Gasteiger partial charge in [0.25, 0.3) is 0 Å². The van der Waals surface area contributed by atoms with E-state index in [1.165, 1.54) is 29.6 Å². The largest absolute Gasteiger partial charge is 0.0988 e. The van der Waals surface area contributed by atoms with Crippen molar-refractivity contribution < 1.29 is 0 Å². The summed E-state index contributed by atoms with van der Waals surface area (Å²) in [6.07, 6.45) is 5.45. The Bertz CT molecular complexity index is 230. The van der Waals surface area contributed by atoms with Gasteiger partial charge in [-0.15, -0.1) is 0 Å². The van der Waals surface area contributed by atoms with Crippen LogP contribution in [0.15, 0.2) is 36.0 Å². The van der Waals surface area contributed by atoms with Crippen LogP contribution >= 0.6 is 0 Å². The molecule has 1 saturated carbocycles. The van der Waals surface area contributed by atoms with Crippen LogP contribution in [-0.2, 0) is 0 Å². The van der Waals surface area contributed by atoms with Gasteiger partial charge in [0.1, 0.15) is 0 Å². The maximum atomic E-state index is 4.10. The highest BCUT2D eigenvalue weighted by Gasteiger charge is 2.20. The lowest BCUT2D eigenvalue weighted by atomic mass is 10.0. The molecule has 0 aliphatic heterocycles. The second-order valence-corrected chi connectivity index (χ2v) is 3.68. The van der Waals surface area contributed by atoms with E-state index in [-0.39, 0.29) is 0 Å². The molecule has 0 aromatic carbocycles. The standard InChI is InChI=1S/C12H18/c1-5-11(6-2)12-8-9(3)7-10(12)4/h5,9H,1,4,6-8H2,2-3H3/b12-11+. The lowest BCUT2D eigenvalue weighted by Gasteiger charge is -2.04. The first-order valence-corrected chi connectivity index (χ1v) is 4.71. The van der Waals surface area contributed by atoms with Gasteiger partial charge in [0.15, 0.2) is 0 Å². The first-order chi connectivity index (χ1) is 5.69. The molecule has 0 radical (unpaired) electrons. The van der Waals surface area contributed by atoms with Crippen molar-refractivity contribution >= 4 is 0 Å². The first kappa shape index (κ1) is 9.31. The van der Waals surface area contributed by atoms with Crippen LogP contribution in [0.1, 0.15) is 33.1 Å². The first-order valence-electron chi connectivity index (χ1n) is 4.71. The molecular formula is C12H18. The summed E-state index contributed by atoms with van der Waals surface area (Å²) in [4.78, 5) is 0. The number of rotatable bonds is 2. The van der Waals surface area contributed by atoms with Crippen molar-refractivity contribution in [3.63, 3.8) is 0 Å². The highest BCUT2D eigenvalue weighted by atomic mass is 14.2. The van der Waals surface area contributed by atoms with Gasteiger partial charge < -0.3 is 0 Å². The highest BCUT2D eigenvalue weighted by molar-refractivity contribution is 5.41. The van der Waals surface area contributed by atoms with Crippen LogP contribution in [0.5, 0.6) is 0 Å². The molecule has 0 nitrogen and oxygen atoms in total. The molecule has 12 heavy (non-hydrogen) atoms. The fourth-order valence-corrected chi connectivity index (χ4v) is 1.95. The summed E-state index contributed by atoms with van der Waals surface area (Å²) in [6, 6.07) is 0. The second kappa shape index (κ2) is 3.75. The van der Waals surface area contributed by atoms with E-state index in [0.717, 1.165) is 12.3 Å². The van der Waals surface area contributed by atoms with Crippen LogP contribution < -0.4 is 0 Å². The Labute approximate surface area is 75.7 Å². The predicted octanol–water partition coefficient (Wildman–Crippen LogP) is 3.87. The van der Waals surface area contributed by atoms with E-state index in [9.17, 15) is 0 Å². The summed E-state index contributed by atoms with van der Waals surface area (Å²) in [6.45, 7) is 12.4. The van der Waals surface area contributed by atoms with Crippen molar-refractivity contribution in [3.8, 4) is 0 Å². The van der Waals surface area contributed by atoms with Crippen LogP contribution in [0.4, 0.5) is 0 Å². The van der Waals surface area contributed by atoms with Gasteiger partial charge >= 0.3 is 0 Å². The highest BCUT2D eigenvalue weighted by Crippen LogP contribution is 2.36. The summed E-state index contributed by atoms with van der Waals surface area (Å²) in [5.74, 6) is 0.786. The molecule has 0 heteroatoms. The topological polar surface area (TPSA) is 0 Å². The molecule has 0 aromatic heterocycles. The molecule has 0 saturated heterocycles. The van der Waals surface area contributed by atoms with E-state index in [1.807, 2.05) is 6.08 Å². The van der Waals surface area contributed by atoms with E-state index in [0.29, 0.717) is 0 Å². The number of allylic oxidation sites excluding steroid dienone is 4. The normalized spacial score (nSPS) is 27.5. The molecule has 1 aliphatic carbocycles. The molecule has 1 atom stereocenters. The van der Waals surface area contributed by atoms with Crippen LogP contribution in [0, 0.1) is 5.92 Å². The molecule has 66 valence electrons. The SMILES string of the molecule is C=C/C(CC)=C1/CC(C)CC1=C. The van der Waals surface area contributed by atoms with Crippen molar-refractivity contribution in [1.29, 1.82) is 0 Å². The van der Waals surface area contributed by atoms with Gasteiger partial charge in [0.2, 0.25) is 0 Å². The predicted molar refractivity (Wildman–Crippen MR) is 55.1 cm³/mol. The van der Waals surface area contributed by atoms with Gasteiger partial charge in [-0.2, -0.15) is 0 Å². The molecule has 0 heterocycles. The monoisotopic (exact) mass is 162 g/mol. The Kier molecular flexibility index (Phi) is 2.91. The second-order valence-electron chi connectivity index (χ2n) is 3.68. The molecule has 0 amide bonds. The van der Waals surface area contributed by atoms with E-state index in [4.69, 9.17) is 0 Å². The van der Waals surface area contributed by atoms with Crippen molar-refractivity contribution in [3.05, 3.63) is 36.0 Å². The molecule has 0 aromatic rings. The molecule has 0 spiro atoms. The Hall–Kier alpha value is -0.780. The van der Waals surface area contributed by atoms with Gasteiger partial charge in [-0.3, -0.25) is 0 Å². The minimum absolute atomic E-state index is 0.786. The summed E-state index contributed by atoms with van der Waals surface area (Å²) < 4.78 is 0. The Morgan fingerprint density at radius 1 is 1.58 bits per heavy atom. The van der Waals surface area contributed by atoms with Crippen LogP contribution in [0.3, 0.4) is 0 Å². The zero-order chi connectivity index (χ0) is 9.14. The quantitative estimate of drug-likeness (QED) is 0.578. The van der Waals surface area contributed by atoms with E-state index < -0.39 is 0 Å². The molecule has 0 N–H and O–H groups in total. The maximum Gasteiger partial charge on any atom is -0.0245 e. The van der Waals surface area contributed by atoms with Crippen molar-refractivity contribution in [2.24, 2.45) is 5.92 Å². The third-order valence-electron chi connectivity index (χ3n) is 2.59. The minimum atomic E-state index is 0.786. The summed E-state index contributed by atoms with van der Waals surface area (Å²) in [7, 11) is 0. The van der Waals surface area contributed by atoms with Crippen molar-refractivity contribution in [1.82, 2.24) is 0 Å². The van der Waals surface area contributed by atoms with Crippen molar-refractivity contribution in [2.75, 3.05) is 0 Å². The molecule has 1 unspecified atom stereocenters. The van der Waals surface area contributed by atoms with Gasteiger partial charge in [-0.1, -0.05) is 38.7 Å². The molecule has 1 aliphatic rings. The van der Waals surface area contributed by atoms with E-state index >= 15 is 0 Å². The Morgan fingerprint density at radius 2 is 2.25 bits per heavy atom. The van der Waals surface area contributed by atoms with Crippen LogP contribution in [0.25, 0.3) is 0 Å². The average Bonchev–Trinajstić information content (AvgIpc) is 2.34. The van der Waals surface area contributed by atoms with E-state index in [1.54, 1.807) is 0 Å².